The third-order valence-corrected chi connectivity index (χ3v) is 4.02. The van der Waals surface area contributed by atoms with E-state index in [0.717, 1.165) is 25.1 Å². The highest BCUT2D eigenvalue weighted by molar-refractivity contribution is 6.02. The molecule has 2 rings (SSSR count). The van der Waals surface area contributed by atoms with E-state index >= 15 is 0 Å². The lowest BCUT2D eigenvalue weighted by Crippen LogP contribution is -2.56. The molecule has 0 spiro atoms. The number of hydrogen-bond acceptors (Lipinski definition) is 4. The molecule has 2 heterocycles. The van der Waals surface area contributed by atoms with Crippen LogP contribution in [0.15, 0.2) is 18.5 Å². The maximum Gasteiger partial charge on any atom is 0.184 e. The zero-order valence-corrected chi connectivity index (χ0v) is 12.0. The normalized spacial score (nSPS) is 19.9. The fourth-order valence-electron chi connectivity index (χ4n) is 2.57. The highest BCUT2D eigenvalue weighted by Gasteiger charge is 2.38. The number of hydrogen-bond donors (Lipinski definition) is 0. The largest absolute Gasteiger partial charge is 0.379 e. The summed E-state index contributed by atoms with van der Waals surface area (Å²) < 4.78 is 5.38. The van der Waals surface area contributed by atoms with Crippen molar-refractivity contribution in [2.45, 2.75) is 32.7 Å². The van der Waals surface area contributed by atoms with Crippen LogP contribution in [0.4, 0.5) is 0 Å². The molecule has 0 aliphatic carbocycles. The van der Waals surface area contributed by atoms with Gasteiger partial charge in [0.1, 0.15) is 0 Å². The maximum absolute atomic E-state index is 12.8. The predicted molar refractivity (Wildman–Crippen MR) is 74.4 cm³/mol. The Morgan fingerprint density at radius 2 is 2.11 bits per heavy atom. The Bertz CT molecular complexity index is 455. The molecule has 1 fully saturated rings. The predicted octanol–water partition coefficient (Wildman–Crippen LogP) is 2.07. The third-order valence-electron chi connectivity index (χ3n) is 4.02. The van der Waals surface area contributed by atoms with Gasteiger partial charge in [-0.05, 0) is 31.9 Å². The molecule has 0 bridgehead atoms. The molecule has 4 nitrogen and oxygen atoms in total. The first kappa shape index (κ1) is 14.2. The summed E-state index contributed by atoms with van der Waals surface area (Å²) >= 11 is 0. The van der Waals surface area contributed by atoms with E-state index in [0.29, 0.717) is 18.8 Å². The van der Waals surface area contributed by atoms with Gasteiger partial charge in [-0.2, -0.15) is 0 Å². The van der Waals surface area contributed by atoms with Crippen molar-refractivity contribution in [3.63, 3.8) is 0 Å². The molecule has 1 aromatic heterocycles. The van der Waals surface area contributed by atoms with Crippen LogP contribution >= 0.6 is 0 Å². The van der Waals surface area contributed by atoms with Gasteiger partial charge in [-0.15, -0.1) is 0 Å². The van der Waals surface area contributed by atoms with Crippen LogP contribution in [0.1, 0.15) is 36.2 Å². The van der Waals surface area contributed by atoms with E-state index in [1.807, 2.05) is 19.9 Å². The van der Waals surface area contributed by atoms with Crippen molar-refractivity contribution < 1.29 is 9.53 Å². The summed E-state index contributed by atoms with van der Waals surface area (Å²) in [5.74, 6) is 0.160. The van der Waals surface area contributed by atoms with Crippen molar-refractivity contribution in [1.29, 1.82) is 0 Å². The maximum atomic E-state index is 12.8. The zero-order chi connectivity index (χ0) is 13.9. The van der Waals surface area contributed by atoms with Crippen molar-refractivity contribution in [1.82, 2.24) is 9.88 Å². The van der Waals surface area contributed by atoms with Crippen molar-refractivity contribution in [2.75, 3.05) is 26.3 Å². The van der Waals surface area contributed by atoms with Gasteiger partial charge in [0.25, 0.3) is 0 Å². The van der Waals surface area contributed by atoms with E-state index in [1.54, 1.807) is 12.4 Å². The smallest absolute Gasteiger partial charge is 0.184 e. The first-order chi connectivity index (χ1) is 9.08. The van der Waals surface area contributed by atoms with Crippen molar-refractivity contribution >= 4 is 5.78 Å². The molecule has 1 aliphatic rings. The Labute approximate surface area is 114 Å². The first-order valence-corrected chi connectivity index (χ1v) is 6.87. The van der Waals surface area contributed by atoms with E-state index in [2.05, 4.69) is 16.8 Å². The minimum atomic E-state index is -0.459. The van der Waals surface area contributed by atoms with Crippen LogP contribution in [0.3, 0.4) is 0 Å². The quantitative estimate of drug-likeness (QED) is 0.779. The monoisotopic (exact) mass is 262 g/mol. The van der Waals surface area contributed by atoms with Gasteiger partial charge in [-0.1, -0.05) is 6.92 Å². The van der Waals surface area contributed by atoms with Crippen molar-refractivity contribution in [3.8, 4) is 0 Å². The van der Waals surface area contributed by atoms with E-state index in [1.165, 1.54) is 0 Å². The molecule has 0 N–H and O–H groups in total. The van der Waals surface area contributed by atoms with Crippen LogP contribution in [-0.4, -0.2) is 47.5 Å². The molecule has 0 amide bonds. The molecule has 4 heteroatoms. The first-order valence-electron chi connectivity index (χ1n) is 6.87. The Hall–Kier alpha value is -1.26. The Morgan fingerprint density at radius 1 is 1.42 bits per heavy atom. The van der Waals surface area contributed by atoms with E-state index in [4.69, 9.17) is 4.74 Å². The van der Waals surface area contributed by atoms with Crippen molar-refractivity contribution in [2.24, 2.45) is 0 Å². The molecule has 104 valence electrons. The number of carbonyl (C=O) groups is 1. The Balaban J connectivity index is 2.26. The van der Waals surface area contributed by atoms with Gasteiger partial charge in [-0.25, -0.2) is 0 Å². The van der Waals surface area contributed by atoms with Gasteiger partial charge in [0.2, 0.25) is 0 Å². The molecule has 1 atom stereocenters. The summed E-state index contributed by atoms with van der Waals surface area (Å²) in [5.41, 5.74) is 1.27. The number of ether oxygens (including phenoxy) is 1. The van der Waals surface area contributed by atoms with E-state index in [9.17, 15) is 4.79 Å². The molecule has 0 radical (unpaired) electrons. The van der Waals surface area contributed by atoms with E-state index in [-0.39, 0.29) is 5.78 Å². The number of ketones is 1. The number of pyridine rings is 1. The summed E-state index contributed by atoms with van der Waals surface area (Å²) in [6.45, 7) is 9.09. The van der Waals surface area contributed by atoms with Crippen LogP contribution in [0, 0.1) is 6.92 Å². The van der Waals surface area contributed by atoms with Crippen LogP contribution < -0.4 is 0 Å². The molecule has 1 unspecified atom stereocenters. The number of Topliss-reactive ketones (excluding diaryl/α,β-unsaturated/α-hetero) is 1. The number of morpholine rings is 1. The zero-order valence-electron chi connectivity index (χ0n) is 12.0. The fourth-order valence-corrected chi connectivity index (χ4v) is 2.57. The minimum Gasteiger partial charge on any atom is -0.379 e. The van der Waals surface area contributed by atoms with E-state index < -0.39 is 5.54 Å². The summed E-state index contributed by atoms with van der Waals surface area (Å²) in [6.07, 6.45) is 4.23. The standard InChI is InChI=1S/C15H22N2O2/c1-4-15(3,17-5-7-19-8-6-17)14(18)13-9-12(2)10-16-11-13/h9-11H,4-8H2,1-3H3. The van der Waals surface area contributed by atoms with Gasteiger partial charge < -0.3 is 4.74 Å². The molecular weight excluding hydrogens is 240 g/mol. The summed E-state index contributed by atoms with van der Waals surface area (Å²) in [7, 11) is 0. The highest BCUT2D eigenvalue weighted by Crippen LogP contribution is 2.25. The van der Waals surface area contributed by atoms with Crippen LogP contribution in [0.2, 0.25) is 0 Å². The van der Waals surface area contributed by atoms with Crippen LogP contribution in [-0.2, 0) is 4.74 Å². The Kier molecular flexibility index (Phi) is 4.32. The minimum absolute atomic E-state index is 0.160. The number of rotatable bonds is 4. The fraction of sp³-hybridized carbons (Fsp3) is 0.600. The molecule has 1 aliphatic heterocycles. The van der Waals surface area contributed by atoms with Crippen molar-refractivity contribution in [3.05, 3.63) is 29.6 Å². The lowest BCUT2D eigenvalue weighted by molar-refractivity contribution is -0.0106. The average Bonchev–Trinajstić information content (AvgIpc) is 2.46. The summed E-state index contributed by atoms with van der Waals surface area (Å²) in [4.78, 5) is 19.2. The van der Waals surface area contributed by atoms with Gasteiger partial charge >= 0.3 is 0 Å². The summed E-state index contributed by atoms with van der Waals surface area (Å²) in [6, 6.07) is 1.92. The second-order valence-electron chi connectivity index (χ2n) is 5.31. The molecule has 0 aromatic carbocycles. The van der Waals surface area contributed by atoms with Crippen LogP contribution in [0.25, 0.3) is 0 Å². The topological polar surface area (TPSA) is 42.4 Å². The van der Waals surface area contributed by atoms with Gasteiger partial charge in [0.15, 0.2) is 5.78 Å². The van der Waals surface area contributed by atoms with Gasteiger partial charge in [0, 0.05) is 31.0 Å². The average molecular weight is 262 g/mol. The molecule has 0 saturated carbocycles. The number of aryl methyl sites for hydroxylation is 1. The Morgan fingerprint density at radius 3 is 2.68 bits per heavy atom. The number of nitrogens with zero attached hydrogens (tertiary/aromatic N) is 2. The second kappa shape index (κ2) is 5.80. The lowest BCUT2D eigenvalue weighted by Gasteiger charge is -2.41. The summed E-state index contributed by atoms with van der Waals surface area (Å²) in [5, 5.41) is 0. The number of carbonyl (C=O) groups excluding carboxylic acids is 1. The third kappa shape index (κ3) is 2.85. The second-order valence-corrected chi connectivity index (χ2v) is 5.31. The lowest BCUT2D eigenvalue weighted by atomic mass is 9.86. The number of aromatic nitrogens is 1. The van der Waals surface area contributed by atoms with Gasteiger partial charge in [0.05, 0.1) is 18.8 Å². The molecule has 1 aromatic rings. The molecule has 1 saturated heterocycles. The highest BCUT2D eigenvalue weighted by atomic mass is 16.5. The van der Waals surface area contributed by atoms with Gasteiger partial charge in [-0.3, -0.25) is 14.7 Å². The SMILES string of the molecule is CCC(C)(C(=O)c1cncc(C)c1)N1CCOCC1. The molecular formula is C15H22N2O2. The van der Waals surface area contributed by atoms with Crippen LogP contribution in [0.5, 0.6) is 0 Å². The molecule has 19 heavy (non-hydrogen) atoms.